The highest BCUT2D eigenvalue weighted by atomic mass is 16.5. The van der Waals surface area contributed by atoms with Crippen LogP contribution in [0.4, 0.5) is 0 Å². The van der Waals surface area contributed by atoms with E-state index in [1.54, 1.807) is 32.4 Å². The maximum absolute atomic E-state index is 12.6. The predicted molar refractivity (Wildman–Crippen MR) is 123 cm³/mol. The normalized spacial score (nSPS) is 10.8. The summed E-state index contributed by atoms with van der Waals surface area (Å²) in [7, 11) is 3.16. The number of ether oxygens (including phenoxy) is 4. The maximum atomic E-state index is 12.6. The van der Waals surface area contributed by atoms with Crippen LogP contribution >= 0.6 is 0 Å². The van der Waals surface area contributed by atoms with Gasteiger partial charge in [-0.15, -0.1) is 0 Å². The fraction of sp³-hybridized carbons (Fsp3) is 0.360. The molecular weight excluding hydrogens is 408 g/mol. The first-order valence-electron chi connectivity index (χ1n) is 10.6. The molecule has 0 fully saturated rings. The molecule has 0 saturated heterocycles. The van der Waals surface area contributed by atoms with Crippen molar-refractivity contribution in [3.05, 3.63) is 53.1 Å². The number of para-hydroxylation sites is 1. The minimum absolute atomic E-state index is 0.00712. The number of benzene rings is 2. The molecule has 0 unspecified atom stereocenters. The van der Waals surface area contributed by atoms with Crippen LogP contribution in [-0.4, -0.2) is 39.9 Å². The first-order chi connectivity index (χ1) is 15.6. The molecule has 0 radical (unpaired) electrons. The Morgan fingerprint density at radius 3 is 2.50 bits per heavy atom. The molecule has 1 amide bonds. The lowest BCUT2D eigenvalue weighted by Crippen LogP contribution is -2.26. The summed E-state index contributed by atoms with van der Waals surface area (Å²) in [6.07, 6.45) is 2.93. The van der Waals surface area contributed by atoms with Gasteiger partial charge in [0.15, 0.2) is 23.0 Å². The van der Waals surface area contributed by atoms with E-state index in [0.717, 1.165) is 12.0 Å². The monoisotopic (exact) mass is 438 g/mol. The topological polar surface area (TPSA) is 89.8 Å². The molecule has 1 N–H and O–H groups in total. The second-order valence-corrected chi connectivity index (χ2v) is 6.82. The van der Waals surface area contributed by atoms with Gasteiger partial charge in [-0.1, -0.05) is 25.1 Å². The smallest absolute Gasteiger partial charge is 0.261 e. The Morgan fingerprint density at radius 2 is 1.84 bits per heavy atom. The molecule has 0 atom stereocenters. The quantitative estimate of drug-likeness (QED) is 0.395. The fourth-order valence-corrected chi connectivity index (χ4v) is 3.03. The maximum Gasteiger partial charge on any atom is 0.261 e. The van der Waals surface area contributed by atoms with Crippen LogP contribution in [-0.2, 0) is 11.2 Å². The number of carbonyl (C=O) groups is 1. The Balaban J connectivity index is 2.12. The molecule has 0 aliphatic rings. The van der Waals surface area contributed by atoms with Gasteiger partial charge in [-0.3, -0.25) is 4.79 Å². The third kappa shape index (κ3) is 6.67. The number of nitrogens with one attached hydrogen (secondary N) is 1. The number of rotatable bonds is 12. The number of hydrogen-bond donors (Lipinski definition) is 1. The standard InChI is InChI=1S/C25H30N2O5/c1-5-14-32-24-19(8-7-9-22(24)31-6-2)16-20(17-26)25(28)27-13-12-18-10-11-21(29-3)23(15-18)30-4/h7-11,15-16H,5-6,12-14H2,1-4H3,(H,27,28)/b20-16+. The molecule has 7 heteroatoms. The van der Waals surface area contributed by atoms with Crippen LogP contribution in [0, 0.1) is 11.3 Å². The average Bonchev–Trinajstić information content (AvgIpc) is 2.81. The van der Waals surface area contributed by atoms with Crippen molar-refractivity contribution in [1.29, 1.82) is 5.26 Å². The van der Waals surface area contributed by atoms with Crippen molar-refractivity contribution in [1.82, 2.24) is 5.32 Å². The number of hydrogen-bond acceptors (Lipinski definition) is 6. The number of amides is 1. The Kier molecular flexibility index (Phi) is 9.92. The first kappa shape index (κ1) is 24.6. The van der Waals surface area contributed by atoms with Crippen molar-refractivity contribution in [2.45, 2.75) is 26.7 Å². The number of nitriles is 1. The highest BCUT2D eigenvalue weighted by Crippen LogP contribution is 2.33. The molecule has 0 aliphatic heterocycles. The summed E-state index contributed by atoms with van der Waals surface area (Å²) in [6, 6.07) is 13.0. The van der Waals surface area contributed by atoms with Gasteiger partial charge >= 0.3 is 0 Å². The molecule has 32 heavy (non-hydrogen) atoms. The molecule has 0 aromatic heterocycles. The zero-order valence-electron chi connectivity index (χ0n) is 19.1. The van der Waals surface area contributed by atoms with Gasteiger partial charge in [0.25, 0.3) is 5.91 Å². The molecule has 0 saturated carbocycles. The summed E-state index contributed by atoms with van der Waals surface area (Å²) in [4.78, 5) is 12.6. The van der Waals surface area contributed by atoms with Gasteiger partial charge in [0, 0.05) is 12.1 Å². The lowest BCUT2D eigenvalue weighted by molar-refractivity contribution is -0.117. The minimum Gasteiger partial charge on any atom is -0.493 e. The molecule has 0 spiro atoms. The lowest BCUT2D eigenvalue weighted by atomic mass is 10.1. The van der Waals surface area contributed by atoms with Gasteiger partial charge < -0.3 is 24.3 Å². The largest absolute Gasteiger partial charge is 0.493 e. The van der Waals surface area contributed by atoms with Crippen LogP contribution in [0.25, 0.3) is 6.08 Å². The second-order valence-electron chi connectivity index (χ2n) is 6.82. The summed E-state index contributed by atoms with van der Waals surface area (Å²) >= 11 is 0. The van der Waals surface area contributed by atoms with Gasteiger partial charge in [-0.05, 0) is 49.6 Å². The van der Waals surface area contributed by atoms with Crippen LogP contribution < -0.4 is 24.3 Å². The van der Waals surface area contributed by atoms with Crippen molar-refractivity contribution < 1.29 is 23.7 Å². The highest BCUT2D eigenvalue weighted by Gasteiger charge is 2.14. The summed E-state index contributed by atoms with van der Waals surface area (Å²) in [6.45, 7) is 5.25. The van der Waals surface area contributed by atoms with Crippen molar-refractivity contribution >= 4 is 12.0 Å². The third-order valence-corrected chi connectivity index (χ3v) is 4.57. The van der Waals surface area contributed by atoms with Gasteiger partial charge in [-0.25, -0.2) is 0 Å². The van der Waals surface area contributed by atoms with Crippen molar-refractivity contribution in [2.24, 2.45) is 0 Å². The predicted octanol–water partition coefficient (Wildman–Crippen LogP) is 4.16. The van der Waals surface area contributed by atoms with E-state index in [1.807, 2.05) is 38.1 Å². The van der Waals surface area contributed by atoms with E-state index in [-0.39, 0.29) is 5.57 Å². The van der Waals surface area contributed by atoms with Crippen LogP contribution in [0.5, 0.6) is 23.0 Å². The van der Waals surface area contributed by atoms with E-state index in [4.69, 9.17) is 18.9 Å². The van der Waals surface area contributed by atoms with Crippen molar-refractivity contribution in [2.75, 3.05) is 34.0 Å². The molecule has 2 rings (SSSR count). The molecule has 2 aromatic rings. The summed E-state index contributed by atoms with van der Waals surface area (Å²) in [5, 5.41) is 12.4. The van der Waals surface area contributed by atoms with Crippen LogP contribution in [0.15, 0.2) is 42.0 Å². The first-order valence-corrected chi connectivity index (χ1v) is 10.6. The molecule has 0 aliphatic carbocycles. The van der Waals surface area contributed by atoms with E-state index in [0.29, 0.717) is 54.7 Å². The zero-order chi connectivity index (χ0) is 23.3. The third-order valence-electron chi connectivity index (χ3n) is 4.57. The van der Waals surface area contributed by atoms with Crippen molar-refractivity contribution in [3.8, 4) is 29.1 Å². The van der Waals surface area contributed by atoms with Gasteiger partial charge in [0.2, 0.25) is 0 Å². The van der Waals surface area contributed by atoms with Crippen LogP contribution in [0.3, 0.4) is 0 Å². The van der Waals surface area contributed by atoms with E-state index in [1.165, 1.54) is 6.08 Å². The average molecular weight is 439 g/mol. The van der Waals surface area contributed by atoms with E-state index < -0.39 is 5.91 Å². The van der Waals surface area contributed by atoms with E-state index in [2.05, 4.69) is 5.32 Å². The number of carbonyl (C=O) groups excluding carboxylic acids is 1. The minimum atomic E-state index is -0.448. The van der Waals surface area contributed by atoms with Crippen LogP contribution in [0.2, 0.25) is 0 Å². The van der Waals surface area contributed by atoms with Crippen LogP contribution in [0.1, 0.15) is 31.4 Å². The lowest BCUT2D eigenvalue weighted by Gasteiger charge is -2.14. The van der Waals surface area contributed by atoms with Crippen molar-refractivity contribution in [3.63, 3.8) is 0 Å². The summed E-state index contributed by atoms with van der Waals surface area (Å²) in [5.74, 6) is 1.94. The molecule has 2 aromatic carbocycles. The fourth-order valence-electron chi connectivity index (χ4n) is 3.03. The summed E-state index contributed by atoms with van der Waals surface area (Å²) in [5.41, 5.74) is 1.59. The zero-order valence-corrected chi connectivity index (χ0v) is 19.1. The van der Waals surface area contributed by atoms with Gasteiger partial charge in [0.05, 0.1) is 27.4 Å². The van der Waals surface area contributed by atoms with Gasteiger partial charge in [0.1, 0.15) is 11.6 Å². The molecule has 170 valence electrons. The molecule has 7 nitrogen and oxygen atoms in total. The van der Waals surface area contributed by atoms with E-state index >= 15 is 0 Å². The second kappa shape index (κ2) is 12.9. The Hall–Kier alpha value is -3.66. The molecule has 0 bridgehead atoms. The Morgan fingerprint density at radius 1 is 1.06 bits per heavy atom. The van der Waals surface area contributed by atoms with Gasteiger partial charge in [-0.2, -0.15) is 5.26 Å². The Labute approximate surface area is 189 Å². The SMILES string of the molecule is CCCOc1c(/C=C(\C#N)C(=O)NCCc2ccc(OC)c(OC)c2)cccc1OCC. The summed E-state index contributed by atoms with van der Waals surface area (Å²) < 4.78 is 22.0. The molecule has 0 heterocycles. The number of nitrogens with zero attached hydrogens (tertiary/aromatic N) is 1. The molecular formula is C25H30N2O5. The highest BCUT2D eigenvalue weighted by molar-refractivity contribution is 6.02. The van der Waals surface area contributed by atoms with E-state index in [9.17, 15) is 10.1 Å². The number of methoxy groups -OCH3 is 2. The Bertz CT molecular complexity index is 979.